The normalized spacial score (nSPS) is 9.17. The third-order valence-electron chi connectivity index (χ3n) is 1.37. The maximum atomic E-state index is 11.0. The van der Waals surface area contributed by atoms with E-state index >= 15 is 0 Å². The minimum atomic E-state index is -0.386. The fourth-order valence-electron chi connectivity index (χ4n) is 0.755. The molecule has 0 spiro atoms. The molecule has 0 atom stereocenters. The molecule has 0 fully saturated rings. The zero-order valence-electron chi connectivity index (χ0n) is 7.45. The molecule has 0 aromatic rings. The monoisotopic (exact) mass is 174 g/mol. The van der Waals surface area contributed by atoms with Gasteiger partial charge in [0.15, 0.2) is 0 Å². The molecular weight excluding hydrogens is 160 g/mol. The number of hydrogen-bond acceptors (Lipinski definition) is 4. The van der Waals surface area contributed by atoms with E-state index in [1.54, 1.807) is 6.92 Å². The van der Waals surface area contributed by atoms with Crippen LogP contribution in [0.1, 0.15) is 13.8 Å². The third-order valence-corrected chi connectivity index (χ3v) is 1.37. The van der Waals surface area contributed by atoms with E-state index in [0.717, 1.165) is 0 Å². The SMILES string of the molecule is CCOC(=O)N(CC)CCN=O. The second-order valence-corrected chi connectivity index (χ2v) is 2.13. The maximum absolute atomic E-state index is 11.0. The fourth-order valence-corrected chi connectivity index (χ4v) is 0.755. The lowest BCUT2D eigenvalue weighted by Gasteiger charge is -2.17. The lowest BCUT2D eigenvalue weighted by atomic mass is 10.5. The predicted molar refractivity (Wildman–Crippen MR) is 44.9 cm³/mol. The topological polar surface area (TPSA) is 59.0 Å². The van der Waals surface area contributed by atoms with Gasteiger partial charge in [0, 0.05) is 13.1 Å². The summed E-state index contributed by atoms with van der Waals surface area (Å²) in [5.41, 5.74) is 0. The molecule has 0 N–H and O–H groups in total. The average Bonchev–Trinajstić information content (AvgIpc) is 2.06. The van der Waals surface area contributed by atoms with E-state index in [2.05, 4.69) is 5.18 Å². The van der Waals surface area contributed by atoms with Crippen molar-refractivity contribution in [2.75, 3.05) is 26.2 Å². The molecule has 0 rings (SSSR count). The van der Waals surface area contributed by atoms with Gasteiger partial charge in [-0.15, -0.1) is 0 Å². The van der Waals surface area contributed by atoms with E-state index in [0.29, 0.717) is 19.7 Å². The van der Waals surface area contributed by atoms with Gasteiger partial charge in [-0.05, 0) is 13.8 Å². The molecule has 5 heteroatoms. The van der Waals surface area contributed by atoms with Crippen LogP contribution in [0.4, 0.5) is 4.79 Å². The minimum absolute atomic E-state index is 0.118. The van der Waals surface area contributed by atoms with Crippen LogP contribution in [0.5, 0.6) is 0 Å². The van der Waals surface area contributed by atoms with Crippen molar-refractivity contribution in [1.82, 2.24) is 4.90 Å². The molecular formula is C7H14N2O3. The van der Waals surface area contributed by atoms with E-state index in [-0.39, 0.29) is 12.6 Å². The molecule has 0 aromatic carbocycles. The Morgan fingerprint density at radius 2 is 2.17 bits per heavy atom. The van der Waals surface area contributed by atoms with E-state index in [1.807, 2.05) is 6.92 Å². The molecule has 70 valence electrons. The Labute approximate surface area is 71.7 Å². The highest BCUT2D eigenvalue weighted by Gasteiger charge is 2.10. The highest BCUT2D eigenvalue weighted by molar-refractivity contribution is 5.67. The Morgan fingerprint density at radius 1 is 1.50 bits per heavy atom. The van der Waals surface area contributed by atoms with E-state index in [1.165, 1.54) is 4.90 Å². The Balaban J connectivity index is 3.78. The number of nitrogens with zero attached hydrogens (tertiary/aromatic N) is 2. The number of ether oxygens (including phenoxy) is 1. The molecule has 1 amide bonds. The van der Waals surface area contributed by atoms with Crippen LogP contribution in [0, 0.1) is 4.91 Å². The molecule has 5 nitrogen and oxygen atoms in total. The van der Waals surface area contributed by atoms with Crippen LogP contribution in [0.15, 0.2) is 5.18 Å². The molecule has 0 bridgehead atoms. The van der Waals surface area contributed by atoms with E-state index in [9.17, 15) is 9.70 Å². The number of hydrogen-bond donors (Lipinski definition) is 0. The average molecular weight is 174 g/mol. The van der Waals surface area contributed by atoms with Gasteiger partial charge in [0.1, 0.15) is 0 Å². The van der Waals surface area contributed by atoms with Crippen molar-refractivity contribution in [3.05, 3.63) is 4.91 Å². The van der Waals surface area contributed by atoms with Gasteiger partial charge >= 0.3 is 6.09 Å². The molecule has 0 radical (unpaired) electrons. The number of carbonyl (C=O) groups excluding carboxylic acids is 1. The Kier molecular flexibility index (Phi) is 5.95. The lowest BCUT2D eigenvalue weighted by molar-refractivity contribution is 0.110. The first-order valence-corrected chi connectivity index (χ1v) is 3.97. The zero-order chi connectivity index (χ0) is 9.40. The number of nitroso groups, excluding NO2 is 1. The van der Waals surface area contributed by atoms with Crippen molar-refractivity contribution in [1.29, 1.82) is 0 Å². The molecule has 0 saturated carbocycles. The summed E-state index contributed by atoms with van der Waals surface area (Å²) in [6, 6.07) is 0. The Morgan fingerprint density at radius 3 is 2.58 bits per heavy atom. The van der Waals surface area contributed by atoms with Crippen molar-refractivity contribution in [2.45, 2.75) is 13.8 Å². The lowest BCUT2D eigenvalue weighted by Crippen LogP contribution is -2.33. The first kappa shape index (κ1) is 10.9. The minimum Gasteiger partial charge on any atom is -0.450 e. The summed E-state index contributed by atoms with van der Waals surface area (Å²) in [4.78, 5) is 22.3. The van der Waals surface area contributed by atoms with E-state index in [4.69, 9.17) is 4.74 Å². The van der Waals surface area contributed by atoms with Gasteiger partial charge in [0.05, 0.1) is 13.2 Å². The summed E-state index contributed by atoms with van der Waals surface area (Å²) in [5.74, 6) is 0. The van der Waals surface area contributed by atoms with E-state index < -0.39 is 0 Å². The second-order valence-electron chi connectivity index (χ2n) is 2.13. The van der Waals surface area contributed by atoms with Gasteiger partial charge in [-0.25, -0.2) is 4.79 Å². The highest BCUT2D eigenvalue weighted by atomic mass is 16.6. The van der Waals surface area contributed by atoms with Crippen LogP contribution in [-0.2, 0) is 4.74 Å². The molecule has 12 heavy (non-hydrogen) atoms. The summed E-state index contributed by atoms with van der Waals surface area (Å²) in [5, 5.41) is 2.67. The maximum Gasteiger partial charge on any atom is 0.409 e. The molecule has 0 heterocycles. The first-order chi connectivity index (χ1) is 5.76. The molecule has 0 aliphatic carbocycles. The van der Waals surface area contributed by atoms with Gasteiger partial charge in [-0.2, -0.15) is 4.91 Å². The largest absolute Gasteiger partial charge is 0.450 e. The van der Waals surface area contributed by atoms with Gasteiger partial charge in [0.25, 0.3) is 0 Å². The van der Waals surface area contributed by atoms with Crippen LogP contribution in [0.2, 0.25) is 0 Å². The smallest absolute Gasteiger partial charge is 0.409 e. The van der Waals surface area contributed by atoms with Gasteiger partial charge < -0.3 is 9.64 Å². The summed E-state index contributed by atoms with van der Waals surface area (Å²) < 4.78 is 4.74. The summed E-state index contributed by atoms with van der Waals surface area (Å²) in [6.45, 7) is 4.90. The van der Waals surface area contributed by atoms with Crippen LogP contribution in [-0.4, -0.2) is 37.2 Å². The zero-order valence-corrected chi connectivity index (χ0v) is 7.45. The van der Waals surface area contributed by atoms with Crippen molar-refractivity contribution in [3.8, 4) is 0 Å². The molecule has 0 aliphatic heterocycles. The van der Waals surface area contributed by atoms with Crippen molar-refractivity contribution >= 4 is 6.09 Å². The third kappa shape index (κ3) is 3.90. The second kappa shape index (κ2) is 6.57. The number of amides is 1. The van der Waals surface area contributed by atoms with Gasteiger partial charge in [-0.1, -0.05) is 5.18 Å². The highest BCUT2D eigenvalue weighted by Crippen LogP contribution is 1.93. The standard InChI is InChI=1S/C7H14N2O3/c1-3-9(6-5-8-11)7(10)12-4-2/h3-6H2,1-2H3. The van der Waals surface area contributed by atoms with Gasteiger partial charge in [0.2, 0.25) is 0 Å². The first-order valence-electron chi connectivity index (χ1n) is 3.97. The fraction of sp³-hybridized carbons (Fsp3) is 0.857. The van der Waals surface area contributed by atoms with Crippen molar-refractivity contribution in [3.63, 3.8) is 0 Å². The Hall–Kier alpha value is -1.13. The summed E-state index contributed by atoms with van der Waals surface area (Å²) >= 11 is 0. The molecule has 0 aromatic heterocycles. The number of likely N-dealkylation sites (N-methyl/N-ethyl adjacent to an activating group) is 1. The van der Waals surface area contributed by atoms with Crippen LogP contribution in [0.25, 0.3) is 0 Å². The van der Waals surface area contributed by atoms with Crippen LogP contribution in [0.3, 0.4) is 0 Å². The van der Waals surface area contributed by atoms with Crippen molar-refractivity contribution < 1.29 is 9.53 Å². The van der Waals surface area contributed by atoms with Crippen LogP contribution >= 0.6 is 0 Å². The quantitative estimate of drug-likeness (QED) is 0.589. The Bertz CT molecular complexity index is 150. The molecule has 0 aliphatic rings. The predicted octanol–water partition coefficient (Wildman–Crippen LogP) is 1.23. The van der Waals surface area contributed by atoms with Crippen LogP contribution < -0.4 is 0 Å². The number of rotatable bonds is 5. The molecule has 0 saturated heterocycles. The van der Waals surface area contributed by atoms with Gasteiger partial charge in [-0.3, -0.25) is 0 Å². The van der Waals surface area contributed by atoms with Crippen molar-refractivity contribution in [2.24, 2.45) is 5.18 Å². The number of carbonyl (C=O) groups is 1. The summed E-state index contributed by atoms with van der Waals surface area (Å²) in [6.07, 6.45) is -0.386. The summed E-state index contributed by atoms with van der Waals surface area (Å²) in [7, 11) is 0. The molecule has 0 unspecified atom stereocenters.